The van der Waals surface area contributed by atoms with E-state index in [4.69, 9.17) is 0 Å². The molecule has 0 bridgehead atoms. The number of benzene rings is 2. The summed E-state index contributed by atoms with van der Waals surface area (Å²) in [4.78, 5) is 0. The molecule has 0 aromatic heterocycles. The molecule has 2 heteroatoms. The number of aliphatic hydroxyl groups is 1. The molecule has 1 atom stereocenters. The summed E-state index contributed by atoms with van der Waals surface area (Å²) in [5.41, 5.74) is 5.38. The number of halogens is 1. The molecule has 2 aromatic rings. The molecule has 2 aromatic carbocycles. The predicted molar refractivity (Wildman–Crippen MR) is 78.9 cm³/mol. The van der Waals surface area contributed by atoms with Crippen LogP contribution in [0.4, 0.5) is 0 Å². The van der Waals surface area contributed by atoms with Crippen molar-refractivity contribution in [3.8, 4) is 0 Å². The fourth-order valence-electron chi connectivity index (χ4n) is 2.23. The minimum Gasteiger partial charge on any atom is -0.384 e. The van der Waals surface area contributed by atoms with E-state index < -0.39 is 6.10 Å². The molecule has 2 rings (SSSR count). The molecule has 0 saturated heterocycles. The third-order valence-electron chi connectivity index (χ3n) is 3.10. The molecule has 0 aliphatic carbocycles. The van der Waals surface area contributed by atoms with Gasteiger partial charge in [-0.25, -0.2) is 0 Å². The largest absolute Gasteiger partial charge is 0.384 e. The van der Waals surface area contributed by atoms with Gasteiger partial charge in [-0.2, -0.15) is 0 Å². The highest BCUT2D eigenvalue weighted by molar-refractivity contribution is 9.10. The van der Waals surface area contributed by atoms with Crippen molar-refractivity contribution in [1.82, 2.24) is 0 Å². The lowest BCUT2D eigenvalue weighted by molar-refractivity contribution is 0.219. The fraction of sp³-hybridized carbons (Fsp3) is 0.250. The summed E-state index contributed by atoms with van der Waals surface area (Å²) in [6.07, 6.45) is -0.568. The molecule has 94 valence electrons. The van der Waals surface area contributed by atoms with Crippen molar-refractivity contribution in [2.24, 2.45) is 0 Å². The van der Waals surface area contributed by atoms with Crippen LogP contribution >= 0.6 is 15.9 Å². The Balaban J connectivity index is 2.44. The van der Waals surface area contributed by atoms with E-state index in [1.807, 2.05) is 44.2 Å². The predicted octanol–water partition coefficient (Wildman–Crippen LogP) is 4.46. The summed E-state index contributed by atoms with van der Waals surface area (Å²) >= 11 is 3.47. The van der Waals surface area contributed by atoms with Gasteiger partial charge in [0.05, 0.1) is 0 Å². The third kappa shape index (κ3) is 2.82. The van der Waals surface area contributed by atoms with E-state index in [2.05, 4.69) is 28.9 Å². The average Bonchev–Trinajstić information content (AvgIpc) is 2.26. The first kappa shape index (κ1) is 13.3. The Morgan fingerprint density at radius 3 is 2.28 bits per heavy atom. The lowest BCUT2D eigenvalue weighted by atomic mass is 9.95. The Morgan fingerprint density at radius 2 is 1.67 bits per heavy atom. The maximum Gasteiger partial charge on any atom is 0.104 e. The van der Waals surface area contributed by atoms with Gasteiger partial charge in [0.25, 0.3) is 0 Å². The van der Waals surface area contributed by atoms with Gasteiger partial charge in [-0.05, 0) is 55.2 Å². The van der Waals surface area contributed by atoms with Crippen LogP contribution < -0.4 is 0 Å². The van der Waals surface area contributed by atoms with Crippen LogP contribution in [0.25, 0.3) is 0 Å². The van der Waals surface area contributed by atoms with Crippen LogP contribution in [0.15, 0.2) is 40.9 Å². The Morgan fingerprint density at radius 1 is 0.944 bits per heavy atom. The van der Waals surface area contributed by atoms with E-state index in [1.165, 1.54) is 5.56 Å². The molecule has 0 aliphatic rings. The highest BCUT2D eigenvalue weighted by atomic mass is 79.9. The van der Waals surface area contributed by atoms with Crippen LogP contribution in [0.1, 0.15) is 33.9 Å². The molecule has 1 N–H and O–H groups in total. The second-order valence-electron chi connectivity index (χ2n) is 4.82. The summed E-state index contributed by atoms with van der Waals surface area (Å²) in [5.74, 6) is 0. The third-order valence-corrected chi connectivity index (χ3v) is 3.56. The lowest BCUT2D eigenvalue weighted by Crippen LogP contribution is -2.02. The normalized spacial score (nSPS) is 12.5. The van der Waals surface area contributed by atoms with E-state index in [0.717, 1.165) is 26.7 Å². The van der Waals surface area contributed by atoms with Crippen LogP contribution in [-0.2, 0) is 0 Å². The van der Waals surface area contributed by atoms with Crippen molar-refractivity contribution in [3.63, 3.8) is 0 Å². The average molecular weight is 305 g/mol. The van der Waals surface area contributed by atoms with Crippen molar-refractivity contribution in [1.29, 1.82) is 0 Å². The molecular formula is C16H17BrO. The zero-order valence-electron chi connectivity index (χ0n) is 10.9. The van der Waals surface area contributed by atoms with Gasteiger partial charge in [-0.1, -0.05) is 45.8 Å². The number of hydrogen-bond acceptors (Lipinski definition) is 1. The summed E-state index contributed by atoms with van der Waals surface area (Å²) in [6.45, 7) is 6.13. The van der Waals surface area contributed by atoms with E-state index >= 15 is 0 Å². The molecule has 1 unspecified atom stereocenters. The zero-order valence-corrected chi connectivity index (χ0v) is 12.5. The maximum absolute atomic E-state index is 10.5. The summed E-state index contributed by atoms with van der Waals surface area (Å²) in [6, 6.07) is 12.2. The summed E-state index contributed by atoms with van der Waals surface area (Å²) < 4.78 is 1.00. The van der Waals surface area contributed by atoms with Crippen molar-refractivity contribution in [2.75, 3.05) is 0 Å². The summed E-state index contributed by atoms with van der Waals surface area (Å²) in [5, 5.41) is 10.5. The Kier molecular flexibility index (Phi) is 3.88. The van der Waals surface area contributed by atoms with Crippen LogP contribution in [-0.4, -0.2) is 5.11 Å². The molecule has 0 fully saturated rings. The highest BCUT2D eigenvalue weighted by Gasteiger charge is 2.13. The van der Waals surface area contributed by atoms with Crippen molar-refractivity contribution >= 4 is 15.9 Å². The van der Waals surface area contributed by atoms with Gasteiger partial charge in [-0.3, -0.25) is 0 Å². The molecule has 18 heavy (non-hydrogen) atoms. The number of aryl methyl sites for hydroxylation is 3. The second kappa shape index (κ2) is 5.25. The van der Waals surface area contributed by atoms with Crippen LogP contribution in [0, 0.1) is 20.8 Å². The van der Waals surface area contributed by atoms with Crippen molar-refractivity contribution in [3.05, 3.63) is 68.7 Å². The van der Waals surface area contributed by atoms with Crippen LogP contribution in [0.2, 0.25) is 0 Å². The van der Waals surface area contributed by atoms with E-state index in [9.17, 15) is 5.11 Å². The van der Waals surface area contributed by atoms with Gasteiger partial charge in [0.1, 0.15) is 6.10 Å². The molecule has 0 aliphatic heterocycles. The first-order valence-electron chi connectivity index (χ1n) is 5.99. The standard InChI is InChI=1S/C16H17BrO/c1-10-4-5-15(12(3)6-10)16(18)13-7-11(2)8-14(17)9-13/h4-9,16,18H,1-3H3. The molecule has 0 radical (unpaired) electrons. The van der Waals surface area contributed by atoms with Gasteiger partial charge < -0.3 is 5.11 Å². The first-order valence-corrected chi connectivity index (χ1v) is 6.79. The Hall–Kier alpha value is -1.12. The molecule has 0 spiro atoms. The fourth-order valence-corrected chi connectivity index (χ4v) is 2.86. The summed E-state index contributed by atoms with van der Waals surface area (Å²) in [7, 11) is 0. The Labute approximate surface area is 117 Å². The minimum absolute atomic E-state index is 0.568. The number of aliphatic hydroxyl groups excluding tert-OH is 1. The van der Waals surface area contributed by atoms with Gasteiger partial charge in [0, 0.05) is 4.47 Å². The van der Waals surface area contributed by atoms with Crippen LogP contribution in [0.5, 0.6) is 0 Å². The van der Waals surface area contributed by atoms with Gasteiger partial charge in [-0.15, -0.1) is 0 Å². The van der Waals surface area contributed by atoms with Crippen molar-refractivity contribution in [2.45, 2.75) is 26.9 Å². The quantitative estimate of drug-likeness (QED) is 0.868. The molecule has 0 amide bonds. The second-order valence-corrected chi connectivity index (χ2v) is 5.74. The molecule has 0 saturated carbocycles. The van der Waals surface area contributed by atoms with Gasteiger partial charge >= 0.3 is 0 Å². The zero-order chi connectivity index (χ0) is 13.3. The SMILES string of the molecule is Cc1cc(Br)cc(C(O)c2ccc(C)cc2C)c1. The van der Waals surface area contributed by atoms with Crippen LogP contribution in [0.3, 0.4) is 0 Å². The molecule has 0 heterocycles. The van der Waals surface area contributed by atoms with E-state index in [0.29, 0.717) is 0 Å². The van der Waals surface area contributed by atoms with E-state index in [-0.39, 0.29) is 0 Å². The van der Waals surface area contributed by atoms with Crippen molar-refractivity contribution < 1.29 is 5.11 Å². The number of hydrogen-bond donors (Lipinski definition) is 1. The van der Waals surface area contributed by atoms with Gasteiger partial charge in [0.15, 0.2) is 0 Å². The monoisotopic (exact) mass is 304 g/mol. The smallest absolute Gasteiger partial charge is 0.104 e. The topological polar surface area (TPSA) is 20.2 Å². The first-order chi connectivity index (χ1) is 8.47. The maximum atomic E-state index is 10.5. The molecular weight excluding hydrogens is 288 g/mol. The lowest BCUT2D eigenvalue weighted by Gasteiger charge is -2.15. The highest BCUT2D eigenvalue weighted by Crippen LogP contribution is 2.28. The minimum atomic E-state index is -0.568. The van der Waals surface area contributed by atoms with Gasteiger partial charge in [0.2, 0.25) is 0 Å². The van der Waals surface area contributed by atoms with E-state index in [1.54, 1.807) is 0 Å². The Bertz CT molecular complexity index is 555. The molecule has 1 nitrogen and oxygen atoms in total. The number of rotatable bonds is 2.